The van der Waals surface area contributed by atoms with E-state index >= 15 is 0 Å². The monoisotopic (exact) mass is 522 g/mol. The van der Waals surface area contributed by atoms with E-state index < -0.39 is 0 Å². The first-order valence-corrected chi connectivity index (χ1v) is 14.0. The van der Waals surface area contributed by atoms with Crippen molar-refractivity contribution in [1.29, 1.82) is 0 Å². The van der Waals surface area contributed by atoms with Crippen LogP contribution in [0, 0.1) is 0 Å². The summed E-state index contributed by atoms with van der Waals surface area (Å²) in [6.07, 6.45) is 0. The van der Waals surface area contributed by atoms with Crippen LogP contribution in [-0.2, 0) is 0 Å². The summed E-state index contributed by atoms with van der Waals surface area (Å²) in [7, 11) is 0. The maximum absolute atomic E-state index is 6.66. The van der Waals surface area contributed by atoms with Gasteiger partial charge in [0.25, 0.3) is 0 Å². The molecule has 8 rings (SSSR count). The van der Waals surface area contributed by atoms with E-state index in [0.29, 0.717) is 0 Å². The van der Waals surface area contributed by atoms with Gasteiger partial charge in [-0.25, -0.2) is 0 Å². The van der Waals surface area contributed by atoms with Gasteiger partial charge in [-0.2, -0.15) is 0 Å². The van der Waals surface area contributed by atoms with Crippen molar-refractivity contribution in [2.75, 3.05) is 0 Å². The predicted molar refractivity (Wildman–Crippen MR) is 171 cm³/mol. The van der Waals surface area contributed by atoms with E-state index in [1.807, 2.05) is 0 Å². The summed E-state index contributed by atoms with van der Waals surface area (Å²) >= 11 is 0. The molecular formula is C40H26O. The van der Waals surface area contributed by atoms with Gasteiger partial charge in [-0.15, -0.1) is 0 Å². The molecular weight excluding hydrogens is 496 g/mol. The molecule has 1 aliphatic rings. The van der Waals surface area contributed by atoms with Gasteiger partial charge in [-0.3, -0.25) is 0 Å². The summed E-state index contributed by atoms with van der Waals surface area (Å²) in [5, 5.41) is 2.37. The van der Waals surface area contributed by atoms with Crippen LogP contribution in [0.25, 0.3) is 66.4 Å². The lowest BCUT2D eigenvalue weighted by Gasteiger charge is -2.24. The topological polar surface area (TPSA) is 9.23 Å². The Kier molecular flexibility index (Phi) is 5.53. The van der Waals surface area contributed by atoms with E-state index in [1.165, 1.54) is 49.9 Å². The van der Waals surface area contributed by atoms with Crippen LogP contribution >= 0.6 is 0 Å². The van der Waals surface area contributed by atoms with E-state index in [2.05, 4.69) is 158 Å². The SMILES string of the molecule is c1ccc(-c2ccccc2-c2ccc3c(c2)Oc2cccc4c(-c5ccccc5-c5ccccc5)ccc-3c24)cc1. The minimum Gasteiger partial charge on any atom is -0.456 e. The third kappa shape index (κ3) is 3.94. The molecule has 1 heteroatoms. The molecule has 0 saturated heterocycles. The van der Waals surface area contributed by atoms with Gasteiger partial charge >= 0.3 is 0 Å². The van der Waals surface area contributed by atoms with Crippen LogP contribution in [0.3, 0.4) is 0 Å². The van der Waals surface area contributed by atoms with Crippen LogP contribution in [0.1, 0.15) is 0 Å². The summed E-state index contributed by atoms with van der Waals surface area (Å²) in [5.74, 6) is 1.79. The van der Waals surface area contributed by atoms with Gasteiger partial charge in [0.1, 0.15) is 11.5 Å². The maximum Gasteiger partial charge on any atom is 0.135 e. The van der Waals surface area contributed by atoms with Gasteiger partial charge in [-0.05, 0) is 73.7 Å². The fourth-order valence-electron chi connectivity index (χ4n) is 6.22. The van der Waals surface area contributed by atoms with Gasteiger partial charge in [-0.1, -0.05) is 140 Å². The molecule has 7 aromatic rings. The van der Waals surface area contributed by atoms with Crippen LogP contribution in [0.2, 0.25) is 0 Å². The normalized spacial score (nSPS) is 11.6. The Bertz CT molecular complexity index is 2060. The highest BCUT2D eigenvalue weighted by Gasteiger charge is 2.23. The zero-order valence-corrected chi connectivity index (χ0v) is 22.4. The Hall–Kier alpha value is -5.40. The zero-order chi connectivity index (χ0) is 27.2. The van der Waals surface area contributed by atoms with Gasteiger partial charge in [0.2, 0.25) is 0 Å². The Morgan fingerprint density at radius 2 is 0.829 bits per heavy atom. The number of fused-ring (bicyclic) bond motifs is 2. The van der Waals surface area contributed by atoms with E-state index in [1.54, 1.807) is 0 Å². The third-order valence-corrected chi connectivity index (χ3v) is 8.12. The molecule has 0 N–H and O–H groups in total. The zero-order valence-electron chi connectivity index (χ0n) is 22.4. The average molecular weight is 523 g/mol. The molecule has 1 heterocycles. The molecule has 0 aromatic heterocycles. The van der Waals surface area contributed by atoms with Crippen LogP contribution in [0.5, 0.6) is 11.5 Å². The molecule has 0 atom stereocenters. The molecule has 41 heavy (non-hydrogen) atoms. The second kappa shape index (κ2) is 9.66. The van der Waals surface area contributed by atoms with Gasteiger partial charge in [0.15, 0.2) is 0 Å². The summed E-state index contributed by atoms with van der Waals surface area (Å²) in [5.41, 5.74) is 12.0. The minimum atomic E-state index is 0.891. The number of hydrogen-bond acceptors (Lipinski definition) is 1. The summed E-state index contributed by atoms with van der Waals surface area (Å²) < 4.78 is 6.66. The minimum absolute atomic E-state index is 0.891. The Balaban J connectivity index is 1.27. The lowest BCUT2D eigenvalue weighted by atomic mass is 9.86. The van der Waals surface area contributed by atoms with Crippen molar-refractivity contribution in [2.24, 2.45) is 0 Å². The first-order valence-electron chi connectivity index (χ1n) is 14.0. The number of rotatable bonds is 4. The fraction of sp³-hybridized carbons (Fsp3) is 0. The van der Waals surface area contributed by atoms with Crippen molar-refractivity contribution in [3.63, 3.8) is 0 Å². The van der Waals surface area contributed by atoms with E-state index in [4.69, 9.17) is 4.74 Å². The largest absolute Gasteiger partial charge is 0.456 e. The first kappa shape index (κ1) is 23.5. The Morgan fingerprint density at radius 1 is 0.293 bits per heavy atom. The fourth-order valence-corrected chi connectivity index (χ4v) is 6.22. The highest BCUT2D eigenvalue weighted by Crippen LogP contribution is 2.50. The second-order valence-electron chi connectivity index (χ2n) is 10.5. The van der Waals surface area contributed by atoms with Crippen molar-refractivity contribution in [3.05, 3.63) is 158 Å². The van der Waals surface area contributed by atoms with Gasteiger partial charge in [0.05, 0.1) is 0 Å². The lowest BCUT2D eigenvalue weighted by molar-refractivity contribution is 0.487. The van der Waals surface area contributed by atoms with E-state index in [9.17, 15) is 0 Å². The number of ether oxygens (including phenoxy) is 1. The molecule has 0 spiro atoms. The van der Waals surface area contributed by atoms with Crippen LogP contribution in [0.15, 0.2) is 158 Å². The molecule has 0 fully saturated rings. The molecule has 0 saturated carbocycles. The molecule has 192 valence electrons. The highest BCUT2D eigenvalue weighted by atomic mass is 16.5. The standard InChI is InChI=1S/C40H26O/c1-3-12-27(13-4-1)30-16-7-8-18-32(30)29-22-23-35-37-25-24-34(36-20-11-21-38(40(36)37)41-39(35)26-29)33-19-10-9-17-31(33)28-14-5-2-6-15-28/h1-26H. The second-order valence-corrected chi connectivity index (χ2v) is 10.5. The first-order chi connectivity index (χ1) is 20.3. The third-order valence-electron chi connectivity index (χ3n) is 8.12. The van der Waals surface area contributed by atoms with Crippen molar-refractivity contribution in [3.8, 4) is 67.1 Å². The highest BCUT2D eigenvalue weighted by molar-refractivity contribution is 6.11. The van der Waals surface area contributed by atoms with Crippen LogP contribution in [-0.4, -0.2) is 0 Å². The van der Waals surface area contributed by atoms with Crippen molar-refractivity contribution in [2.45, 2.75) is 0 Å². The molecule has 0 bridgehead atoms. The predicted octanol–water partition coefficient (Wildman–Crippen LogP) is 11.3. The Morgan fingerprint density at radius 3 is 1.51 bits per heavy atom. The molecule has 0 amide bonds. The van der Waals surface area contributed by atoms with Crippen molar-refractivity contribution >= 4 is 10.8 Å². The summed E-state index contributed by atoms with van der Waals surface area (Å²) in [6.45, 7) is 0. The van der Waals surface area contributed by atoms with Gasteiger partial charge < -0.3 is 4.74 Å². The van der Waals surface area contributed by atoms with Crippen molar-refractivity contribution in [1.82, 2.24) is 0 Å². The molecule has 1 nitrogen and oxygen atoms in total. The number of benzene rings is 7. The molecule has 7 aromatic carbocycles. The van der Waals surface area contributed by atoms with E-state index in [0.717, 1.165) is 28.0 Å². The number of hydrogen-bond donors (Lipinski definition) is 0. The average Bonchev–Trinajstić information content (AvgIpc) is 3.05. The smallest absolute Gasteiger partial charge is 0.135 e. The summed E-state index contributed by atoms with van der Waals surface area (Å²) in [6, 6.07) is 56.0. The van der Waals surface area contributed by atoms with Crippen LogP contribution < -0.4 is 4.74 Å². The maximum atomic E-state index is 6.66. The molecule has 1 aliphatic heterocycles. The molecule has 0 aliphatic carbocycles. The summed E-state index contributed by atoms with van der Waals surface area (Å²) in [4.78, 5) is 0. The van der Waals surface area contributed by atoms with Gasteiger partial charge in [0, 0.05) is 10.9 Å². The lowest BCUT2D eigenvalue weighted by Crippen LogP contribution is -1.99. The van der Waals surface area contributed by atoms with Crippen molar-refractivity contribution < 1.29 is 4.74 Å². The van der Waals surface area contributed by atoms with E-state index in [-0.39, 0.29) is 0 Å². The molecule has 0 unspecified atom stereocenters. The Labute approximate surface area is 240 Å². The molecule has 0 radical (unpaired) electrons. The quantitative estimate of drug-likeness (QED) is 0.223. The van der Waals surface area contributed by atoms with Crippen LogP contribution in [0.4, 0.5) is 0 Å².